The predicted molar refractivity (Wildman–Crippen MR) is 113 cm³/mol. The van der Waals surface area contributed by atoms with E-state index in [1.165, 1.54) is 9.79 Å². The minimum Gasteiger partial charge on any atom is -0.339 e. The molecule has 0 N–H and O–H groups in total. The molecular formula is C21H21N3O2S2. The molecule has 1 aliphatic rings. The fraction of sp³-hybridized carbons (Fsp3) is 0.286. The molecule has 28 heavy (non-hydrogen) atoms. The Bertz CT molecular complexity index is 955. The van der Waals surface area contributed by atoms with E-state index in [-0.39, 0.29) is 11.8 Å². The summed E-state index contributed by atoms with van der Waals surface area (Å²) in [6, 6.07) is 16.4. The summed E-state index contributed by atoms with van der Waals surface area (Å²) in [5, 5.41) is 4.11. The van der Waals surface area contributed by atoms with Crippen LogP contribution in [0, 0.1) is 0 Å². The van der Waals surface area contributed by atoms with Crippen LogP contribution in [-0.2, 0) is 11.3 Å². The standard InChI is InChI=1S/C21H21N3O2S2/c1-27-17-7-3-14(4-8-17)12-24-13-16(11-19(24)25)21-22-20(23-26-21)15-5-9-18(28-2)10-6-15/h3-10,16H,11-13H2,1-2H3. The molecule has 144 valence electrons. The van der Waals surface area contributed by atoms with Crippen LogP contribution in [0.25, 0.3) is 11.4 Å². The summed E-state index contributed by atoms with van der Waals surface area (Å²) in [5.41, 5.74) is 2.05. The second kappa shape index (κ2) is 8.41. The topological polar surface area (TPSA) is 59.2 Å². The summed E-state index contributed by atoms with van der Waals surface area (Å²) in [6.45, 7) is 1.22. The monoisotopic (exact) mass is 411 g/mol. The van der Waals surface area contributed by atoms with Gasteiger partial charge in [0.2, 0.25) is 17.6 Å². The first kappa shape index (κ1) is 19.1. The zero-order chi connectivity index (χ0) is 19.5. The van der Waals surface area contributed by atoms with Gasteiger partial charge in [0.05, 0.1) is 5.92 Å². The zero-order valence-corrected chi connectivity index (χ0v) is 17.4. The maximum atomic E-state index is 12.5. The molecule has 7 heteroatoms. The highest BCUT2D eigenvalue weighted by molar-refractivity contribution is 7.98. The molecule has 1 amide bonds. The lowest BCUT2D eigenvalue weighted by Gasteiger charge is -2.16. The third kappa shape index (κ3) is 4.10. The highest BCUT2D eigenvalue weighted by Gasteiger charge is 2.34. The fourth-order valence-corrected chi connectivity index (χ4v) is 4.12. The lowest BCUT2D eigenvalue weighted by molar-refractivity contribution is -0.128. The lowest BCUT2D eigenvalue weighted by Crippen LogP contribution is -2.24. The molecule has 2 aromatic carbocycles. The Morgan fingerprint density at radius 1 is 1.04 bits per heavy atom. The lowest BCUT2D eigenvalue weighted by atomic mass is 10.1. The van der Waals surface area contributed by atoms with Crippen molar-refractivity contribution in [2.45, 2.75) is 28.7 Å². The van der Waals surface area contributed by atoms with Gasteiger partial charge in [-0.1, -0.05) is 17.3 Å². The van der Waals surface area contributed by atoms with Crippen molar-refractivity contribution in [2.24, 2.45) is 0 Å². The van der Waals surface area contributed by atoms with E-state index in [9.17, 15) is 4.79 Å². The summed E-state index contributed by atoms with van der Waals surface area (Å²) in [7, 11) is 0. The molecule has 4 rings (SSSR count). The van der Waals surface area contributed by atoms with Gasteiger partial charge in [-0.05, 0) is 54.5 Å². The van der Waals surface area contributed by atoms with E-state index in [2.05, 4.69) is 40.7 Å². The van der Waals surface area contributed by atoms with E-state index < -0.39 is 0 Å². The van der Waals surface area contributed by atoms with Gasteiger partial charge in [0.1, 0.15) is 0 Å². The molecule has 0 aliphatic carbocycles. The molecule has 1 aliphatic heterocycles. The van der Waals surface area contributed by atoms with E-state index in [0.717, 1.165) is 11.1 Å². The molecule has 2 heterocycles. The SMILES string of the molecule is CSc1ccc(CN2CC(c3nc(-c4ccc(SC)cc4)no3)CC2=O)cc1. The van der Waals surface area contributed by atoms with Gasteiger partial charge in [-0.25, -0.2) is 0 Å². The Kier molecular flexibility index (Phi) is 5.73. The molecule has 0 saturated carbocycles. The number of thioether (sulfide) groups is 2. The summed E-state index contributed by atoms with van der Waals surface area (Å²) in [5.74, 6) is 1.19. The number of benzene rings is 2. The quantitative estimate of drug-likeness (QED) is 0.548. The number of carbonyl (C=O) groups is 1. The smallest absolute Gasteiger partial charge is 0.232 e. The Morgan fingerprint density at radius 2 is 1.68 bits per heavy atom. The van der Waals surface area contributed by atoms with Crippen molar-refractivity contribution in [1.82, 2.24) is 15.0 Å². The first-order valence-electron chi connectivity index (χ1n) is 9.05. The molecule has 1 saturated heterocycles. The molecule has 1 aromatic heterocycles. The van der Waals surface area contributed by atoms with Crippen LogP contribution in [0.15, 0.2) is 62.8 Å². The van der Waals surface area contributed by atoms with Crippen LogP contribution in [0.3, 0.4) is 0 Å². The minimum absolute atomic E-state index is 0.0512. The highest BCUT2D eigenvalue weighted by atomic mass is 32.2. The number of amides is 1. The molecule has 3 aromatic rings. The van der Waals surface area contributed by atoms with Crippen LogP contribution in [0.4, 0.5) is 0 Å². The first-order valence-corrected chi connectivity index (χ1v) is 11.5. The van der Waals surface area contributed by atoms with E-state index in [1.807, 2.05) is 35.4 Å². The summed E-state index contributed by atoms with van der Waals surface area (Å²) in [4.78, 5) is 21.3. The number of nitrogens with zero attached hydrogens (tertiary/aromatic N) is 3. The van der Waals surface area contributed by atoms with Crippen LogP contribution in [-0.4, -0.2) is 40.0 Å². The minimum atomic E-state index is -0.0512. The van der Waals surface area contributed by atoms with Crippen molar-refractivity contribution in [3.63, 3.8) is 0 Å². The Balaban J connectivity index is 1.44. The number of hydrogen-bond donors (Lipinski definition) is 0. The number of rotatable bonds is 6. The van der Waals surface area contributed by atoms with Crippen molar-refractivity contribution >= 4 is 29.4 Å². The number of aromatic nitrogens is 2. The maximum absolute atomic E-state index is 12.5. The molecule has 0 spiro atoms. The van der Waals surface area contributed by atoms with Crippen molar-refractivity contribution in [1.29, 1.82) is 0 Å². The van der Waals surface area contributed by atoms with Crippen LogP contribution in [0.5, 0.6) is 0 Å². The van der Waals surface area contributed by atoms with E-state index in [0.29, 0.717) is 31.2 Å². The number of likely N-dealkylation sites (tertiary alicyclic amines) is 1. The third-order valence-electron chi connectivity index (χ3n) is 4.89. The largest absolute Gasteiger partial charge is 0.339 e. The normalized spacial score (nSPS) is 16.7. The number of carbonyl (C=O) groups excluding carboxylic acids is 1. The van der Waals surface area contributed by atoms with Crippen molar-refractivity contribution in [2.75, 3.05) is 19.1 Å². The molecule has 0 bridgehead atoms. The van der Waals surface area contributed by atoms with Gasteiger partial charge >= 0.3 is 0 Å². The van der Waals surface area contributed by atoms with Crippen LogP contribution < -0.4 is 0 Å². The average Bonchev–Trinajstić information content (AvgIpc) is 3.36. The van der Waals surface area contributed by atoms with Crippen LogP contribution in [0.2, 0.25) is 0 Å². The molecular weight excluding hydrogens is 390 g/mol. The predicted octanol–water partition coefficient (Wildman–Crippen LogP) is 4.70. The second-order valence-corrected chi connectivity index (χ2v) is 8.47. The Morgan fingerprint density at radius 3 is 2.32 bits per heavy atom. The van der Waals surface area contributed by atoms with Gasteiger partial charge < -0.3 is 9.42 Å². The molecule has 5 nitrogen and oxygen atoms in total. The van der Waals surface area contributed by atoms with E-state index >= 15 is 0 Å². The van der Waals surface area contributed by atoms with Gasteiger partial charge in [-0.2, -0.15) is 4.98 Å². The molecule has 1 unspecified atom stereocenters. The Hall–Kier alpha value is -2.25. The average molecular weight is 412 g/mol. The van der Waals surface area contributed by atoms with Crippen LogP contribution >= 0.6 is 23.5 Å². The molecule has 0 radical (unpaired) electrons. The van der Waals surface area contributed by atoms with Crippen LogP contribution in [0.1, 0.15) is 23.8 Å². The summed E-state index contributed by atoms with van der Waals surface area (Å²) >= 11 is 3.40. The van der Waals surface area contributed by atoms with Crippen molar-refractivity contribution in [3.05, 3.63) is 60.0 Å². The fourth-order valence-electron chi connectivity index (χ4n) is 3.30. The highest BCUT2D eigenvalue weighted by Crippen LogP contribution is 2.30. The zero-order valence-electron chi connectivity index (χ0n) is 15.8. The summed E-state index contributed by atoms with van der Waals surface area (Å²) in [6.07, 6.45) is 4.51. The molecule has 1 fully saturated rings. The third-order valence-corrected chi connectivity index (χ3v) is 6.37. The summed E-state index contributed by atoms with van der Waals surface area (Å²) < 4.78 is 5.49. The number of hydrogen-bond acceptors (Lipinski definition) is 6. The second-order valence-electron chi connectivity index (χ2n) is 6.71. The van der Waals surface area contributed by atoms with Gasteiger partial charge in [0.15, 0.2) is 0 Å². The molecule has 1 atom stereocenters. The Labute approximate surface area is 172 Å². The van der Waals surface area contributed by atoms with Gasteiger partial charge in [0.25, 0.3) is 0 Å². The first-order chi connectivity index (χ1) is 13.7. The van der Waals surface area contributed by atoms with Crippen molar-refractivity contribution < 1.29 is 9.32 Å². The van der Waals surface area contributed by atoms with E-state index in [4.69, 9.17) is 4.52 Å². The van der Waals surface area contributed by atoms with Gasteiger partial charge in [-0.3, -0.25) is 4.79 Å². The van der Waals surface area contributed by atoms with Gasteiger partial charge in [-0.15, -0.1) is 23.5 Å². The maximum Gasteiger partial charge on any atom is 0.232 e. The van der Waals surface area contributed by atoms with Gasteiger partial charge in [0, 0.05) is 34.9 Å². The van der Waals surface area contributed by atoms with E-state index in [1.54, 1.807) is 23.5 Å². The van der Waals surface area contributed by atoms with Crippen molar-refractivity contribution in [3.8, 4) is 11.4 Å².